The van der Waals surface area contributed by atoms with E-state index in [-0.39, 0.29) is 6.61 Å². The zero-order valence-electron chi connectivity index (χ0n) is 9.21. The molecule has 1 aromatic carbocycles. The average Bonchev–Trinajstić information content (AvgIpc) is 2.82. The monoisotopic (exact) mass is 252 g/mol. The number of aliphatic hydroxyl groups is 1. The van der Waals surface area contributed by atoms with Gasteiger partial charge in [-0.2, -0.15) is 0 Å². The standard InChI is InChI=1S/C12H13ClN2O2/c13-11-2-1-3-12(10(11)8-16)17-7-6-15-5-4-14-9-15/h1-5,9,16H,6-8H2. The molecular weight excluding hydrogens is 240 g/mol. The molecule has 4 nitrogen and oxygen atoms in total. The van der Waals surface area contributed by atoms with E-state index in [9.17, 15) is 5.11 Å². The Morgan fingerprint density at radius 3 is 3.00 bits per heavy atom. The summed E-state index contributed by atoms with van der Waals surface area (Å²) in [7, 11) is 0. The third kappa shape index (κ3) is 2.99. The summed E-state index contributed by atoms with van der Waals surface area (Å²) in [5, 5.41) is 9.72. The number of hydrogen-bond donors (Lipinski definition) is 1. The van der Waals surface area contributed by atoms with Crippen molar-refractivity contribution in [2.45, 2.75) is 13.2 Å². The van der Waals surface area contributed by atoms with E-state index in [0.29, 0.717) is 29.5 Å². The fraction of sp³-hybridized carbons (Fsp3) is 0.250. The molecule has 0 fully saturated rings. The highest BCUT2D eigenvalue weighted by Crippen LogP contribution is 2.26. The van der Waals surface area contributed by atoms with Crippen molar-refractivity contribution in [2.24, 2.45) is 0 Å². The van der Waals surface area contributed by atoms with Crippen molar-refractivity contribution < 1.29 is 9.84 Å². The van der Waals surface area contributed by atoms with E-state index in [2.05, 4.69) is 4.98 Å². The van der Waals surface area contributed by atoms with Crippen LogP contribution in [0.5, 0.6) is 5.75 Å². The largest absolute Gasteiger partial charge is 0.491 e. The van der Waals surface area contributed by atoms with Crippen LogP contribution in [0.1, 0.15) is 5.56 Å². The van der Waals surface area contributed by atoms with Crippen LogP contribution in [0.2, 0.25) is 5.02 Å². The first-order chi connectivity index (χ1) is 8.31. The Morgan fingerprint density at radius 2 is 2.29 bits per heavy atom. The maximum atomic E-state index is 9.20. The number of ether oxygens (including phenoxy) is 1. The van der Waals surface area contributed by atoms with Gasteiger partial charge in [0.1, 0.15) is 12.4 Å². The lowest BCUT2D eigenvalue weighted by atomic mass is 10.2. The van der Waals surface area contributed by atoms with Gasteiger partial charge in [-0.05, 0) is 12.1 Å². The van der Waals surface area contributed by atoms with E-state index < -0.39 is 0 Å². The predicted octanol–water partition coefficient (Wildman–Crippen LogP) is 2.11. The molecule has 2 rings (SSSR count). The number of benzene rings is 1. The molecule has 0 aliphatic heterocycles. The summed E-state index contributed by atoms with van der Waals surface area (Å²) in [4.78, 5) is 3.94. The molecule has 0 amide bonds. The van der Waals surface area contributed by atoms with Gasteiger partial charge in [-0.25, -0.2) is 4.98 Å². The molecule has 0 saturated heterocycles. The molecule has 0 bridgehead atoms. The zero-order valence-corrected chi connectivity index (χ0v) is 9.97. The van der Waals surface area contributed by atoms with Crippen LogP contribution in [0.25, 0.3) is 0 Å². The maximum absolute atomic E-state index is 9.20. The molecule has 0 radical (unpaired) electrons. The number of aromatic nitrogens is 2. The van der Waals surface area contributed by atoms with Gasteiger partial charge in [0.05, 0.1) is 19.5 Å². The second-order valence-electron chi connectivity index (χ2n) is 3.52. The minimum absolute atomic E-state index is 0.125. The maximum Gasteiger partial charge on any atom is 0.126 e. The number of imidazole rings is 1. The van der Waals surface area contributed by atoms with Crippen molar-refractivity contribution >= 4 is 11.6 Å². The van der Waals surface area contributed by atoms with Crippen LogP contribution in [0.4, 0.5) is 0 Å². The summed E-state index contributed by atoms with van der Waals surface area (Å²) in [6, 6.07) is 5.33. The Labute approximate surface area is 104 Å². The van der Waals surface area contributed by atoms with Crippen LogP contribution in [-0.4, -0.2) is 21.3 Å². The van der Waals surface area contributed by atoms with Crippen molar-refractivity contribution in [3.05, 3.63) is 47.5 Å². The van der Waals surface area contributed by atoms with E-state index in [1.165, 1.54) is 0 Å². The Hall–Kier alpha value is -1.52. The second kappa shape index (κ2) is 5.70. The summed E-state index contributed by atoms with van der Waals surface area (Å²) in [5.41, 5.74) is 0.625. The fourth-order valence-corrected chi connectivity index (χ4v) is 1.73. The second-order valence-corrected chi connectivity index (χ2v) is 3.93. The summed E-state index contributed by atoms with van der Waals surface area (Å²) in [6.45, 7) is 1.08. The smallest absolute Gasteiger partial charge is 0.126 e. The van der Waals surface area contributed by atoms with Crippen LogP contribution in [-0.2, 0) is 13.2 Å². The summed E-state index contributed by atoms with van der Waals surface area (Å²) in [6.07, 6.45) is 5.32. The predicted molar refractivity (Wildman–Crippen MR) is 65.1 cm³/mol. The van der Waals surface area contributed by atoms with Gasteiger partial charge in [-0.1, -0.05) is 17.7 Å². The molecule has 0 aliphatic rings. The molecule has 0 unspecified atom stereocenters. The molecule has 17 heavy (non-hydrogen) atoms. The number of hydrogen-bond acceptors (Lipinski definition) is 3. The lowest BCUT2D eigenvalue weighted by molar-refractivity contribution is 0.258. The van der Waals surface area contributed by atoms with Crippen LogP contribution in [0.15, 0.2) is 36.9 Å². The highest BCUT2D eigenvalue weighted by Gasteiger charge is 2.06. The molecule has 1 heterocycles. The highest BCUT2D eigenvalue weighted by atomic mass is 35.5. The topological polar surface area (TPSA) is 47.3 Å². The van der Waals surface area contributed by atoms with Gasteiger partial charge in [0.25, 0.3) is 0 Å². The minimum atomic E-state index is -0.125. The van der Waals surface area contributed by atoms with Crippen molar-refractivity contribution in [1.29, 1.82) is 0 Å². The average molecular weight is 253 g/mol. The van der Waals surface area contributed by atoms with Gasteiger partial charge in [0.15, 0.2) is 0 Å². The van der Waals surface area contributed by atoms with Crippen LogP contribution >= 0.6 is 11.6 Å². The molecule has 0 spiro atoms. The fourth-order valence-electron chi connectivity index (χ4n) is 1.51. The zero-order chi connectivity index (χ0) is 12.1. The Kier molecular flexibility index (Phi) is 4.01. The molecule has 0 atom stereocenters. The van der Waals surface area contributed by atoms with Crippen molar-refractivity contribution in [1.82, 2.24) is 9.55 Å². The van der Waals surface area contributed by atoms with Gasteiger partial charge in [-0.15, -0.1) is 0 Å². The number of rotatable bonds is 5. The lowest BCUT2D eigenvalue weighted by Crippen LogP contribution is -2.07. The molecule has 90 valence electrons. The van der Waals surface area contributed by atoms with Gasteiger partial charge in [-0.3, -0.25) is 0 Å². The molecule has 5 heteroatoms. The third-order valence-corrected chi connectivity index (χ3v) is 2.75. The number of aliphatic hydroxyl groups excluding tert-OH is 1. The number of nitrogens with zero attached hydrogens (tertiary/aromatic N) is 2. The first kappa shape index (κ1) is 12.0. The van der Waals surface area contributed by atoms with E-state index in [4.69, 9.17) is 16.3 Å². The van der Waals surface area contributed by atoms with Crippen molar-refractivity contribution in [3.63, 3.8) is 0 Å². The number of halogens is 1. The van der Waals surface area contributed by atoms with Crippen molar-refractivity contribution in [2.75, 3.05) is 6.61 Å². The summed E-state index contributed by atoms with van der Waals surface area (Å²) in [5.74, 6) is 0.625. The van der Waals surface area contributed by atoms with Gasteiger partial charge >= 0.3 is 0 Å². The first-order valence-corrected chi connectivity index (χ1v) is 5.66. The normalized spacial score (nSPS) is 10.5. The quantitative estimate of drug-likeness (QED) is 0.887. The van der Waals surface area contributed by atoms with Gasteiger partial charge in [0.2, 0.25) is 0 Å². The SMILES string of the molecule is OCc1c(Cl)cccc1OCCn1ccnc1. The van der Waals surface area contributed by atoms with E-state index in [1.54, 1.807) is 30.7 Å². The summed E-state index contributed by atoms with van der Waals surface area (Å²) < 4.78 is 7.51. The Balaban J connectivity index is 1.97. The van der Waals surface area contributed by atoms with Gasteiger partial charge < -0.3 is 14.4 Å². The molecule has 1 aromatic heterocycles. The minimum Gasteiger partial charge on any atom is -0.491 e. The highest BCUT2D eigenvalue weighted by molar-refractivity contribution is 6.31. The van der Waals surface area contributed by atoms with E-state index in [0.717, 1.165) is 0 Å². The van der Waals surface area contributed by atoms with E-state index >= 15 is 0 Å². The third-order valence-electron chi connectivity index (χ3n) is 2.40. The molecule has 1 N–H and O–H groups in total. The Morgan fingerprint density at radius 1 is 1.41 bits per heavy atom. The van der Waals surface area contributed by atoms with Crippen molar-refractivity contribution in [3.8, 4) is 5.75 Å². The molecule has 0 aliphatic carbocycles. The molecule has 0 saturated carbocycles. The first-order valence-electron chi connectivity index (χ1n) is 5.28. The Bertz CT molecular complexity index is 471. The van der Waals surface area contributed by atoms with Crippen LogP contribution in [0, 0.1) is 0 Å². The molecular formula is C12H13ClN2O2. The van der Waals surface area contributed by atoms with Crippen LogP contribution < -0.4 is 4.74 Å². The van der Waals surface area contributed by atoms with Gasteiger partial charge in [0, 0.05) is 23.0 Å². The summed E-state index contributed by atoms with van der Waals surface area (Å²) >= 11 is 5.95. The van der Waals surface area contributed by atoms with Crippen LogP contribution in [0.3, 0.4) is 0 Å². The molecule has 2 aromatic rings. The lowest BCUT2D eigenvalue weighted by Gasteiger charge is -2.11. The van der Waals surface area contributed by atoms with E-state index in [1.807, 2.05) is 10.8 Å².